The Morgan fingerprint density at radius 3 is 3.00 bits per heavy atom. The molecule has 3 heteroatoms. The van der Waals surface area contributed by atoms with E-state index in [-0.39, 0.29) is 0 Å². The predicted octanol–water partition coefficient (Wildman–Crippen LogP) is 3.16. The molecular formula is C13H15BrN2. The van der Waals surface area contributed by atoms with E-state index in [2.05, 4.69) is 56.3 Å². The molecule has 0 aliphatic heterocycles. The zero-order valence-corrected chi connectivity index (χ0v) is 10.7. The summed E-state index contributed by atoms with van der Waals surface area (Å²) in [6.07, 6.45) is 4.89. The zero-order chi connectivity index (χ0) is 11.0. The van der Waals surface area contributed by atoms with Crippen LogP contribution in [0.4, 0.5) is 0 Å². The van der Waals surface area contributed by atoms with Gasteiger partial charge in [0.15, 0.2) is 0 Å². The summed E-state index contributed by atoms with van der Waals surface area (Å²) in [5, 5.41) is 4.85. The highest BCUT2D eigenvalue weighted by Gasteiger charge is 2.19. The van der Waals surface area contributed by atoms with Gasteiger partial charge < -0.3 is 9.88 Å². The van der Waals surface area contributed by atoms with Crippen LogP contribution in [0.25, 0.3) is 10.9 Å². The molecule has 84 valence electrons. The third kappa shape index (κ3) is 2.15. The van der Waals surface area contributed by atoms with Crippen molar-refractivity contribution in [1.29, 1.82) is 0 Å². The number of hydrogen-bond donors (Lipinski definition) is 1. The van der Waals surface area contributed by atoms with Gasteiger partial charge in [0.2, 0.25) is 0 Å². The SMILES string of the molecule is Brc1ccc2c(ccn2CCNC2CC2)c1. The Morgan fingerprint density at radius 2 is 2.19 bits per heavy atom. The van der Waals surface area contributed by atoms with Crippen molar-refractivity contribution in [2.24, 2.45) is 0 Å². The Kier molecular flexibility index (Phi) is 2.74. The number of benzene rings is 1. The third-order valence-corrected chi connectivity index (χ3v) is 3.59. The molecule has 1 aromatic heterocycles. The maximum absolute atomic E-state index is 3.54. The van der Waals surface area contributed by atoms with E-state index in [1.807, 2.05) is 0 Å². The summed E-state index contributed by atoms with van der Waals surface area (Å²) >= 11 is 3.50. The normalized spacial score (nSPS) is 15.8. The molecule has 16 heavy (non-hydrogen) atoms. The number of rotatable bonds is 4. The fraction of sp³-hybridized carbons (Fsp3) is 0.385. The number of nitrogens with one attached hydrogen (secondary N) is 1. The summed E-state index contributed by atoms with van der Waals surface area (Å²) < 4.78 is 3.46. The molecule has 1 N–H and O–H groups in total. The second-order valence-electron chi connectivity index (χ2n) is 4.44. The van der Waals surface area contributed by atoms with E-state index < -0.39 is 0 Å². The average molecular weight is 279 g/mol. The van der Waals surface area contributed by atoms with Crippen molar-refractivity contribution in [2.75, 3.05) is 6.54 Å². The fourth-order valence-corrected chi connectivity index (χ4v) is 2.42. The third-order valence-electron chi connectivity index (χ3n) is 3.10. The molecule has 1 aliphatic rings. The molecule has 0 saturated heterocycles. The van der Waals surface area contributed by atoms with Gasteiger partial charge in [-0.05, 0) is 37.1 Å². The van der Waals surface area contributed by atoms with Gasteiger partial charge in [-0.1, -0.05) is 15.9 Å². The topological polar surface area (TPSA) is 17.0 Å². The maximum atomic E-state index is 3.54. The minimum atomic E-state index is 0.802. The van der Waals surface area contributed by atoms with Crippen LogP contribution in [-0.2, 0) is 6.54 Å². The van der Waals surface area contributed by atoms with E-state index in [9.17, 15) is 0 Å². The van der Waals surface area contributed by atoms with Gasteiger partial charge in [0.1, 0.15) is 0 Å². The van der Waals surface area contributed by atoms with Gasteiger partial charge in [-0.15, -0.1) is 0 Å². The summed E-state index contributed by atoms with van der Waals surface area (Å²) in [7, 11) is 0. The van der Waals surface area contributed by atoms with Crippen LogP contribution in [-0.4, -0.2) is 17.2 Å². The molecule has 1 fully saturated rings. The van der Waals surface area contributed by atoms with E-state index in [1.54, 1.807) is 0 Å². The van der Waals surface area contributed by atoms with Gasteiger partial charge in [-0.2, -0.15) is 0 Å². The van der Waals surface area contributed by atoms with Crippen LogP contribution in [0.5, 0.6) is 0 Å². The van der Waals surface area contributed by atoms with E-state index in [1.165, 1.54) is 23.7 Å². The van der Waals surface area contributed by atoms with Crippen LogP contribution < -0.4 is 5.32 Å². The van der Waals surface area contributed by atoms with Crippen LogP contribution in [0.15, 0.2) is 34.9 Å². The van der Waals surface area contributed by atoms with Gasteiger partial charge in [0.25, 0.3) is 0 Å². The summed E-state index contributed by atoms with van der Waals surface area (Å²) in [6.45, 7) is 2.13. The first kappa shape index (κ1) is 10.4. The summed E-state index contributed by atoms with van der Waals surface area (Å²) in [6, 6.07) is 9.43. The molecule has 1 heterocycles. The van der Waals surface area contributed by atoms with Crippen LogP contribution in [0.1, 0.15) is 12.8 Å². The van der Waals surface area contributed by atoms with Crippen molar-refractivity contribution in [1.82, 2.24) is 9.88 Å². The van der Waals surface area contributed by atoms with Gasteiger partial charge in [-0.25, -0.2) is 0 Å². The van der Waals surface area contributed by atoms with Crippen LogP contribution in [0.2, 0.25) is 0 Å². The lowest BCUT2D eigenvalue weighted by molar-refractivity contribution is 0.606. The summed E-state index contributed by atoms with van der Waals surface area (Å²) in [4.78, 5) is 0. The average Bonchev–Trinajstić information content (AvgIpc) is 3.00. The first-order valence-electron chi connectivity index (χ1n) is 5.81. The van der Waals surface area contributed by atoms with Crippen LogP contribution in [0, 0.1) is 0 Å². The zero-order valence-electron chi connectivity index (χ0n) is 9.12. The molecule has 2 aromatic rings. The molecule has 3 rings (SSSR count). The molecule has 0 amide bonds. The Hall–Kier alpha value is -0.800. The fourth-order valence-electron chi connectivity index (χ4n) is 2.04. The highest BCUT2D eigenvalue weighted by Crippen LogP contribution is 2.21. The van der Waals surface area contributed by atoms with Crippen molar-refractivity contribution in [3.05, 3.63) is 34.9 Å². The molecule has 0 radical (unpaired) electrons. The smallest absolute Gasteiger partial charge is 0.0481 e. The van der Waals surface area contributed by atoms with Crippen LogP contribution >= 0.6 is 15.9 Å². The quantitative estimate of drug-likeness (QED) is 0.909. The van der Waals surface area contributed by atoms with Crippen molar-refractivity contribution in [2.45, 2.75) is 25.4 Å². The number of fused-ring (bicyclic) bond motifs is 1. The monoisotopic (exact) mass is 278 g/mol. The van der Waals surface area contributed by atoms with Crippen LogP contribution in [0.3, 0.4) is 0 Å². The van der Waals surface area contributed by atoms with E-state index in [0.29, 0.717) is 0 Å². The van der Waals surface area contributed by atoms with Crippen molar-refractivity contribution < 1.29 is 0 Å². The Balaban J connectivity index is 1.75. The molecule has 0 unspecified atom stereocenters. The number of nitrogens with zero attached hydrogens (tertiary/aromatic N) is 1. The predicted molar refractivity (Wildman–Crippen MR) is 70.7 cm³/mol. The summed E-state index contributed by atoms with van der Waals surface area (Å²) in [5.74, 6) is 0. The Morgan fingerprint density at radius 1 is 1.31 bits per heavy atom. The minimum Gasteiger partial charge on any atom is -0.346 e. The van der Waals surface area contributed by atoms with E-state index >= 15 is 0 Å². The minimum absolute atomic E-state index is 0.802. The second kappa shape index (κ2) is 4.22. The summed E-state index contributed by atoms with van der Waals surface area (Å²) in [5.41, 5.74) is 1.32. The lowest BCUT2D eigenvalue weighted by Crippen LogP contribution is -2.21. The number of hydrogen-bond acceptors (Lipinski definition) is 1. The maximum Gasteiger partial charge on any atom is 0.0481 e. The first-order valence-corrected chi connectivity index (χ1v) is 6.60. The van der Waals surface area contributed by atoms with E-state index in [0.717, 1.165) is 23.6 Å². The second-order valence-corrected chi connectivity index (χ2v) is 5.36. The van der Waals surface area contributed by atoms with Crippen molar-refractivity contribution in [3.8, 4) is 0 Å². The van der Waals surface area contributed by atoms with Crippen molar-refractivity contribution in [3.63, 3.8) is 0 Å². The molecule has 0 spiro atoms. The van der Waals surface area contributed by atoms with Gasteiger partial charge in [0, 0.05) is 40.7 Å². The molecule has 0 bridgehead atoms. The molecule has 1 aliphatic carbocycles. The highest BCUT2D eigenvalue weighted by atomic mass is 79.9. The molecule has 0 atom stereocenters. The lowest BCUT2D eigenvalue weighted by Gasteiger charge is -2.06. The Bertz CT molecular complexity index is 500. The number of aromatic nitrogens is 1. The largest absolute Gasteiger partial charge is 0.346 e. The first-order chi connectivity index (χ1) is 7.83. The molecule has 1 aromatic carbocycles. The molecule has 1 saturated carbocycles. The highest BCUT2D eigenvalue weighted by molar-refractivity contribution is 9.10. The van der Waals surface area contributed by atoms with E-state index in [4.69, 9.17) is 0 Å². The standard InChI is InChI=1S/C13H15BrN2/c14-11-1-4-13-10(9-11)5-7-16(13)8-6-15-12-2-3-12/h1,4-5,7,9,12,15H,2-3,6,8H2. The molecular weight excluding hydrogens is 264 g/mol. The molecule has 2 nitrogen and oxygen atoms in total. The van der Waals surface area contributed by atoms with Gasteiger partial charge in [-0.3, -0.25) is 0 Å². The Labute approximate surface area is 104 Å². The van der Waals surface area contributed by atoms with Crippen molar-refractivity contribution >= 4 is 26.8 Å². The van der Waals surface area contributed by atoms with Gasteiger partial charge in [0.05, 0.1) is 0 Å². The number of halogens is 1. The van der Waals surface area contributed by atoms with Gasteiger partial charge >= 0.3 is 0 Å². The lowest BCUT2D eigenvalue weighted by atomic mass is 10.2.